The van der Waals surface area contributed by atoms with E-state index in [1.54, 1.807) is 7.11 Å². The molecular formula is C16H25N3O2. The number of benzene rings is 1. The van der Waals surface area contributed by atoms with Gasteiger partial charge in [0.25, 0.3) is 0 Å². The first-order valence-corrected chi connectivity index (χ1v) is 7.51. The number of anilines is 1. The molecular weight excluding hydrogens is 266 g/mol. The van der Waals surface area contributed by atoms with E-state index in [-0.39, 0.29) is 12.1 Å². The summed E-state index contributed by atoms with van der Waals surface area (Å²) in [4.78, 5) is 14.4. The fraction of sp³-hybridized carbons (Fsp3) is 0.562. The van der Waals surface area contributed by atoms with Crippen LogP contribution in [0.5, 0.6) is 0 Å². The van der Waals surface area contributed by atoms with Crippen LogP contribution < -0.4 is 11.1 Å². The van der Waals surface area contributed by atoms with Gasteiger partial charge in [-0.25, -0.2) is 4.79 Å². The van der Waals surface area contributed by atoms with E-state index in [4.69, 9.17) is 10.5 Å². The Morgan fingerprint density at radius 2 is 2.10 bits per heavy atom. The number of amides is 2. The summed E-state index contributed by atoms with van der Waals surface area (Å²) in [7, 11) is 1.66. The number of methoxy groups -OCH3 is 1. The van der Waals surface area contributed by atoms with E-state index in [9.17, 15) is 4.79 Å². The van der Waals surface area contributed by atoms with Crippen molar-refractivity contribution < 1.29 is 9.53 Å². The van der Waals surface area contributed by atoms with Crippen molar-refractivity contribution >= 4 is 11.7 Å². The van der Waals surface area contributed by atoms with Crippen LogP contribution in [-0.4, -0.2) is 37.2 Å². The maximum Gasteiger partial charge on any atom is 0.322 e. The molecule has 0 aromatic heterocycles. The molecule has 5 heteroatoms. The molecule has 116 valence electrons. The van der Waals surface area contributed by atoms with E-state index in [0.717, 1.165) is 11.3 Å². The predicted octanol–water partition coefficient (Wildman–Crippen LogP) is 2.42. The van der Waals surface area contributed by atoms with Gasteiger partial charge in [0.2, 0.25) is 0 Å². The zero-order chi connectivity index (χ0) is 15.2. The van der Waals surface area contributed by atoms with Crippen LogP contribution in [0.25, 0.3) is 0 Å². The Balaban J connectivity index is 1.98. The largest absolute Gasteiger partial charge is 0.383 e. The first kappa shape index (κ1) is 15.8. The lowest BCUT2D eigenvalue weighted by molar-refractivity contribution is 0.134. The zero-order valence-electron chi connectivity index (χ0n) is 12.8. The summed E-state index contributed by atoms with van der Waals surface area (Å²) in [5.41, 5.74) is 7.42. The van der Waals surface area contributed by atoms with Gasteiger partial charge in [-0.05, 0) is 43.4 Å². The number of hydrogen-bond donors (Lipinski definition) is 2. The van der Waals surface area contributed by atoms with E-state index in [2.05, 4.69) is 12.2 Å². The molecule has 0 saturated heterocycles. The lowest BCUT2D eigenvalue weighted by atomic mass is 10.2. The predicted molar refractivity (Wildman–Crippen MR) is 84.1 cm³/mol. The number of hydrogen-bond acceptors (Lipinski definition) is 3. The second-order valence-electron chi connectivity index (χ2n) is 5.60. The minimum absolute atomic E-state index is 0.0630. The Morgan fingerprint density at radius 3 is 2.62 bits per heavy atom. The fourth-order valence-electron chi connectivity index (χ4n) is 2.43. The SMILES string of the molecule is COCCN(C(=O)Nc1ccc(CN)cc1)C(C)C1CC1. The van der Waals surface area contributed by atoms with Crippen molar-refractivity contribution in [2.75, 3.05) is 25.6 Å². The van der Waals surface area contributed by atoms with Crippen LogP contribution >= 0.6 is 0 Å². The number of carbonyl (C=O) groups excluding carboxylic acids is 1. The normalized spacial score (nSPS) is 15.6. The number of ether oxygens (including phenoxy) is 1. The van der Waals surface area contributed by atoms with Gasteiger partial charge in [0, 0.05) is 31.9 Å². The van der Waals surface area contributed by atoms with Crippen LogP contribution in [0.3, 0.4) is 0 Å². The molecule has 5 nitrogen and oxygen atoms in total. The van der Waals surface area contributed by atoms with E-state index < -0.39 is 0 Å². The van der Waals surface area contributed by atoms with Crippen LogP contribution in [0.1, 0.15) is 25.3 Å². The summed E-state index contributed by atoms with van der Waals surface area (Å²) in [5, 5.41) is 2.96. The van der Waals surface area contributed by atoms with Crippen LogP contribution in [0.4, 0.5) is 10.5 Å². The molecule has 3 N–H and O–H groups in total. The van der Waals surface area contributed by atoms with Crippen molar-refractivity contribution in [2.24, 2.45) is 11.7 Å². The molecule has 1 aromatic rings. The van der Waals surface area contributed by atoms with Crippen LogP contribution in [-0.2, 0) is 11.3 Å². The topological polar surface area (TPSA) is 67.6 Å². The number of nitrogens with zero attached hydrogens (tertiary/aromatic N) is 1. The minimum Gasteiger partial charge on any atom is -0.383 e. The van der Waals surface area contributed by atoms with Crippen molar-refractivity contribution in [3.8, 4) is 0 Å². The van der Waals surface area contributed by atoms with Crippen molar-refractivity contribution in [1.82, 2.24) is 4.90 Å². The molecule has 0 spiro atoms. The van der Waals surface area contributed by atoms with Crippen molar-refractivity contribution in [1.29, 1.82) is 0 Å². The van der Waals surface area contributed by atoms with Gasteiger partial charge in [-0.1, -0.05) is 12.1 Å². The smallest absolute Gasteiger partial charge is 0.322 e. The maximum absolute atomic E-state index is 12.5. The second kappa shape index (κ2) is 7.43. The minimum atomic E-state index is -0.0630. The van der Waals surface area contributed by atoms with Crippen molar-refractivity contribution in [3.05, 3.63) is 29.8 Å². The first-order valence-electron chi connectivity index (χ1n) is 7.51. The van der Waals surface area contributed by atoms with Crippen molar-refractivity contribution in [2.45, 2.75) is 32.4 Å². The Bertz CT molecular complexity index is 457. The third kappa shape index (κ3) is 4.44. The molecule has 21 heavy (non-hydrogen) atoms. The molecule has 1 saturated carbocycles. The second-order valence-corrected chi connectivity index (χ2v) is 5.60. The van der Waals surface area contributed by atoms with Gasteiger partial charge in [0.1, 0.15) is 0 Å². The Labute approximate surface area is 126 Å². The molecule has 1 unspecified atom stereocenters. The molecule has 1 atom stereocenters. The van der Waals surface area contributed by atoms with E-state index in [1.165, 1.54) is 12.8 Å². The average molecular weight is 291 g/mol. The van der Waals surface area contributed by atoms with Gasteiger partial charge in [0.15, 0.2) is 0 Å². The Kier molecular flexibility index (Phi) is 5.59. The van der Waals surface area contributed by atoms with Gasteiger partial charge in [-0.15, -0.1) is 0 Å². The molecule has 2 rings (SSSR count). The van der Waals surface area contributed by atoms with E-state index in [0.29, 0.717) is 25.6 Å². The summed E-state index contributed by atoms with van der Waals surface area (Å²) in [6, 6.07) is 7.82. The molecule has 1 fully saturated rings. The van der Waals surface area contributed by atoms with Crippen LogP contribution in [0.2, 0.25) is 0 Å². The number of rotatable bonds is 7. The molecule has 0 bridgehead atoms. The van der Waals surface area contributed by atoms with Gasteiger partial charge in [0.05, 0.1) is 6.61 Å². The van der Waals surface area contributed by atoms with Gasteiger partial charge >= 0.3 is 6.03 Å². The van der Waals surface area contributed by atoms with Gasteiger partial charge in [-0.3, -0.25) is 0 Å². The van der Waals surface area contributed by atoms with Crippen LogP contribution in [0, 0.1) is 5.92 Å². The molecule has 0 heterocycles. The molecule has 0 radical (unpaired) electrons. The Hall–Kier alpha value is -1.59. The van der Waals surface area contributed by atoms with Crippen LogP contribution in [0.15, 0.2) is 24.3 Å². The fourth-order valence-corrected chi connectivity index (χ4v) is 2.43. The monoisotopic (exact) mass is 291 g/mol. The molecule has 1 aliphatic rings. The van der Waals surface area contributed by atoms with Gasteiger partial charge < -0.3 is 20.7 Å². The van der Waals surface area contributed by atoms with E-state index >= 15 is 0 Å². The van der Waals surface area contributed by atoms with Gasteiger partial charge in [-0.2, -0.15) is 0 Å². The highest BCUT2D eigenvalue weighted by Crippen LogP contribution is 2.35. The molecule has 1 aromatic carbocycles. The summed E-state index contributed by atoms with van der Waals surface area (Å²) in [6.07, 6.45) is 2.42. The number of nitrogens with one attached hydrogen (secondary N) is 1. The third-order valence-corrected chi connectivity index (χ3v) is 4.03. The third-order valence-electron chi connectivity index (χ3n) is 4.03. The summed E-state index contributed by atoms with van der Waals surface area (Å²) in [6.45, 7) is 3.79. The Morgan fingerprint density at radius 1 is 1.43 bits per heavy atom. The summed E-state index contributed by atoms with van der Waals surface area (Å²) < 4.78 is 5.12. The highest BCUT2D eigenvalue weighted by atomic mass is 16.5. The quantitative estimate of drug-likeness (QED) is 0.810. The zero-order valence-corrected chi connectivity index (χ0v) is 12.8. The first-order chi connectivity index (χ1) is 10.2. The lowest BCUT2D eigenvalue weighted by Crippen LogP contribution is -2.44. The average Bonchev–Trinajstić information content (AvgIpc) is 3.33. The standard InChI is InChI=1S/C16H25N3O2/c1-12(14-5-6-14)19(9-10-21-2)16(20)18-15-7-3-13(11-17)4-8-15/h3-4,7-8,12,14H,5-6,9-11,17H2,1-2H3,(H,18,20). The lowest BCUT2D eigenvalue weighted by Gasteiger charge is -2.29. The number of carbonyl (C=O) groups is 1. The molecule has 0 aliphatic heterocycles. The highest BCUT2D eigenvalue weighted by Gasteiger charge is 2.34. The summed E-state index contributed by atoms with van der Waals surface area (Å²) in [5.74, 6) is 0.632. The number of urea groups is 1. The van der Waals surface area contributed by atoms with E-state index in [1.807, 2.05) is 29.2 Å². The molecule has 2 amide bonds. The van der Waals surface area contributed by atoms with Crippen molar-refractivity contribution in [3.63, 3.8) is 0 Å². The highest BCUT2D eigenvalue weighted by molar-refractivity contribution is 5.89. The molecule has 1 aliphatic carbocycles. The number of nitrogens with two attached hydrogens (primary N) is 1. The maximum atomic E-state index is 12.5. The summed E-state index contributed by atoms with van der Waals surface area (Å²) >= 11 is 0.